The highest BCUT2D eigenvalue weighted by Crippen LogP contribution is 2.37. The molecule has 0 radical (unpaired) electrons. The van der Waals surface area contributed by atoms with Gasteiger partial charge < -0.3 is 18.3 Å². The standard InChI is InChI=1S/C18H16Cl2N2O4/c1-9-5-12(10(2)25-9)17-21-22-18(26-17)14(20)7-11-6-13(19)16(24-4)15(8-11)23-3/h5-8H,1-4H3/b14-7-. The van der Waals surface area contributed by atoms with Crippen LogP contribution in [-0.2, 0) is 0 Å². The number of hydrogen-bond donors (Lipinski definition) is 0. The van der Waals surface area contributed by atoms with Crippen LogP contribution in [-0.4, -0.2) is 24.4 Å². The van der Waals surface area contributed by atoms with Gasteiger partial charge in [-0.2, -0.15) is 0 Å². The van der Waals surface area contributed by atoms with Gasteiger partial charge in [-0.3, -0.25) is 0 Å². The Hall–Kier alpha value is -2.44. The fraction of sp³-hybridized carbons (Fsp3) is 0.222. The minimum Gasteiger partial charge on any atom is -0.493 e. The molecule has 3 rings (SSSR count). The van der Waals surface area contributed by atoms with Gasteiger partial charge in [0, 0.05) is 0 Å². The highest BCUT2D eigenvalue weighted by Gasteiger charge is 2.17. The summed E-state index contributed by atoms with van der Waals surface area (Å²) in [6, 6.07) is 5.28. The van der Waals surface area contributed by atoms with Crippen molar-refractivity contribution in [1.82, 2.24) is 10.2 Å². The van der Waals surface area contributed by atoms with Gasteiger partial charge in [-0.1, -0.05) is 23.2 Å². The van der Waals surface area contributed by atoms with Gasteiger partial charge in [0.15, 0.2) is 11.5 Å². The van der Waals surface area contributed by atoms with Crippen molar-refractivity contribution in [2.45, 2.75) is 13.8 Å². The summed E-state index contributed by atoms with van der Waals surface area (Å²) in [6.45, 7) is 3.68. The molecule has 0 bridgehead atoms. The number of aromatic nitrogens is 2. The third-order valence-electron chi connectivity index (χ3n) is 3.65. The van der Waals surface area contributed by atoms with Gasteiger partial charge >= 0.3 is 0 Å². The Balaban J connectivity index is 1.94. The molecule has 0 aliphatic heterocycles. The predicted octanol–water partition coefficient (Wildman–Crippen LogP) is 5.35. The van der Waals surface area contributed by atoms with Crippen LogP contribution in [0.2, 0.25) is 5.02 Å². The normalized spacial score (nSPS) is 11.7. The van der Waals surface area contributed by atoms with Crippen LogP contribution in [0.3, 0.4) is 0 Å². The van der Waals surface area contributed by atoms with Gasteiger partial charge in [-0.05, 0) is 43.7 Å². The molecule has 0 saturated heterocycles. The Morgan fingerprint density at radius 3 is 2.46 bits per heavy atom. The lowest BCUT2D eigenvalue weighted by atomic mass is 10.2. The van der Waals surface area contributed by atoms with Crippen LogP contribution in [0.5, 0.6) is 11.5 Å². The van der Waals surface area contributed by atoms with E-state index in [1.165, 1.54) is 14.2 Å². The summed E-state index contributed by atoms with van der Waals surface area (Å²) < 4.78 is 21.6. The molecule has 26 heavy (non-hydrogen) atoms. The van der Waals surface area contributed by atoms with Crippen molar-refractivity contribution < 1.29 is 18.3 Å². The van der Waals surface area contributed by atoms with Crippen molar-refractivity contribution in [3.05, 3.63) is 46.2 Å². The van der Waals surface area contributed by atoms with Gasteiger partial charge in [-0.25, -0.2) is 0 Å². The average molecular weight is 395 g/mol. The van der Waals surface area contributed by atoms with Crippen LogP contribution in [0, 0.1) is 13.8 Å². The van der Waals surface area contributed by atoms with E-state index in [9.17, 15) is 0 Å². The molecule has 0 fully saturated rings. The van der Waals surface area contributed by atoms with Crippen LogP contribution in [0.25, 0.3) is 22.6 Å². The zero-order chi connectivity index (χ0) is 18.8. The topological polar surface area (TPSA) is 70.5 Å². The SMILES string of the molecule is COc1cc(/C=C(\Cl)c2nnc(-c3cc(C)oc3C)o2)cc(Cl)c1OC. The molecule has 136 valence electrons. The number of nitrogens with zero attached hydrogens (tertiary/aromatic N) is 2. The molecule has 0 atom stereocenters. The first-order valence-corrected chi connectivity index (χ1v) is 8.38. The lowest BCUT2D eigenvalue weighted by Crippen LogP contribution is -1.92. The molecule has 0 aliphatic carbocycles. The summed E-state index contributed by atoms with van der Waals surface area (Å²) in [5.41, 5.74) is 1.44. The average Bonchev–Trinajstić information content (AvgIpc) is 3.20. The number of ether oxygens (including phenoxy) is 2. The van der Waals surface area contributed by atoms with Crippen molar-refractivity contribution in [2.75, 3.05) is 14.2 Å². The molecule has 0 spiro atoms. The summed E-state index contributed by atoms with van der Waals surface area (Å²) in [7, 11) is 3.05. The number of furan rings is 1. The lowest BCUT2D eigenvalue weighted by molar-refractivity contribution is 0.355. The Labute approximate surface area is 160 Å². The van der Waals surface area contributed by atoms with E-state index in [1.54, 1.807) is 18.2 Å². The zero-order valence-electron chi connectivity index (χ0n) is 14.6. The smallest absolute Gasteiger partial charge is 0.259 e. The number of benzene rings is 1. The lowest BCUT2D eigenvalue weighted by Gasteiger charge is -2.10. The molecule has 0 saturated carbocycles. The molecule has 6 nitrogen and oxygen atoms in total. The third kappa shape index (κ3) is 3.57. The number of hydrogen-bond acceptors (Lipinski definition) is 6. The van der Waals surface area contributed by atoms with Crippen LogP contribution < -0.4 is 9.47 Å². The zero-order valence-corrected chi connectivity index (χ0v) is 16.1. The largest absolute Gasteiger partial charge is 0.493 e. The van der Waals surface area contributed by atoms with Crippen LogP contribution in [0.15, 0.2) is 27.0 Å². The maximum Gasteiger partial charge on any atom is 0.259 e. The number of rotatable bonds is 5. The van der Waals surface area contributed by atoms with E-state index in [0.717, 1.165) is 11.3 Å². The monoisotopic (exact) mass is 394 g/mol. The molecular formula is C18H16Cl2N2O4. The maximum atomic E-state index is 6.33. The molecule has 3 aromatic rings. The molecule has 2 heterocycles. The van der Waals surface area contributed by atoms with Gasteiger partial charge in [0.2, 0.25) is 0 Å². The Morgan fingerprint density at radius 1 is 1.08 bits per heavy atom. The van der Waals surface area contributed by atoms with E-state index in [2.05, 4.69) is 10.2 Å². The molecule has 0 amide bonds. The molecule has 0 unspecified atom stereocenters. The van der Waals surface area contributed by atoms with E-state index in [4.69, 9.17) is 41.5 Å². The first kappa shape index (κ1) is 18.4. The van der Waals surface area contributed by atoms with Crippen molar-refractivity contribution >= 4 is 34.3 Å². The van der Waals surface area contributed by atoms with Gasteiger partial charge in [0.05, 0.1) is 24.8 Å². The molecule has 8 heteroatoms. The molecule has 0 aliphatic rings. The van der Waals surface area contributed by atoms with Crippen molar-refractivity contribution in [1.29, 1.82) is 0 Å². The minimum absolute atomic E-state index is 0.186. The number of halogens is 2. The number of methoxy groups -OCH3 is 2. The van der Waals surface area contributed by atoms with Gasteiger partial charge in [0.1, 0.15) is 16.6 Å². The summed E-state index contributed by atoms with van der Waals surface area (Å²) in [4.78, 5) is 0. The van der Waals surface area contributed by atoms with E-state index in [-0.39, 0.29) is 10.9 Å². The van der Waals surface area contributed by atoms with Crippen molar-refractivity contribution in [3.63, 3.8) is 0 Å². The highest BCUT2D eigenvalue weighted by atomic mass is 35.5. The summed E-state index contributed by atoms with van der Waals surface area (Å²) in [5.74, 6) is 2.93. The molecular weight excluding hydrogens is 379 g/mol. The summed E-state index contributed by atoms with van der Waals surface area (Å²) >= 11 is 12.5. The predicted molar refractivity (Wildman–Crippen MR) is 99.8 cm³/mol. The van der Waals surface area contributed by atoms with Crippen molar-refractivity contribution in [2.24, 2.45) is 0 Å². The quantitative estimate of drug-likeness (QED) is 0.580. The van der Waals surface area contributed by atoms with E-state index >= 15 is 0 Å². The Bertz CT molecular complexity index is 976. The van der Waals surface area contributed by atoms with Crippen LogP contribution >= 0.6 is 23.2 Å². The molecule has 1 aromatic carbocycles. The highest BCUT2D eigenvalue weighted by molar-refractivity contribution is 6.50. The minimum atomic E-state index is 0.186. The fourth-order valence-electron chi connectivity index (χ4n) is 2.50. The van der Waals surface area contributed by atoms with Crippen LogP contribution in [0.4, 0.5) is 0 Å². The first-order valence-electron chi connectivity index (χ1n) is 7.63. The fourth-order valence-corrected chi connectivity index (χ4v) is 3.00. The van der Waals surface area contributed by atoms with E-state index in [1.807, 2.05) is 19.9 Å². The second kappa shape index (κ2) is 7.43. The van der Waals surface area contributed by atoms with Gasteiger partial charge in [-0.15, -0.1) is 10.2 Å². The molecule has 2 aromatic heterocycles. The number of aryl methyl sites for hydroxylation is 2. The molecule has 0 N–H and O–H groups in total. The van der Waals surface area contributed by atoms with Gasteiger partial charge in [0.25, 0.3) is 11.8 Å². The van der Waals surface area contributed by atoms with E-state index < -0.39 is 0 Å². The first-order chi connectivity index (χ1) is 12.4. The van der Waals surface area contributed by atoms with Crippen molar-refractivity contribution in [3.8, 4) is 23.0 Å². The Morgan fingerprint density at radius 2 is 1.85 bits per heavy atom. The third-order valence-corrected chi connectivity index (χ3v) is 4.20. The van der Waals surface area contributed by atoms with E-state index in [0.29, 0.717) is 33.7 Å². The Kier molecular flexibility index (Phi) is 5.25. The second-order valence-corrected chi connectivity index (χ2v) is 6.28. The summed E-state index contributed by atoms with van der Waals surface area (Å²) in [5, 5.41) is 8.69. The van der Waals surface area contributed by atoms with Crippen LogP contribution in [0.1, 0.15) is 23.0 Å². The summed E-state index contributed by atoms with van der Waals surface area (Å²) in [6.07, 6.45) is 1.65. The second-order valence-electron chi connectivity index (χ2n) is 5.47. The maximum absolute atomic E-state index is 6.33.